The minimum atomic E-state index is 0. The lowest BCUT2D eigenvalue weighted by Crippen LogP contribution is -2.44. The highest BCUT2D eigenvalue weighted by atomic mass is 35.5. The van der Waals surface area contributed by atoms with Crippen LogP contribution >= 0.6 is 36.4 Å². The summed E-state index contributed by atoms with van der Waals surface area (Å²) in [6, 6.07) is 1.70. The summed E-state index contributed by atoms with van der Waals surface area (Å²) in [5, 5.41) is 3.87. The van der Waals surface area contributed by atoms with Crippen molar-refractivity contribution >= 4 is 42.3 Å². The van der Waals surface area contributed by atoms with Crippen LogP contribution in [0.1, 0.15) is 29.6 Å². The third-order valence-electron chi connectivity index (χ3n) is 4.45. The maximum atomic E-state index is 12.4. The molecule has 1 N–H and O–H groups in total. The number of carbonyl (C=O) groups is 1. The van der Waals surface area contributed by atoms with Crippen LogP contribution in [0.15, 0.2) is 18.5 Å². The van der Waals surface area contributed by atoms with Crippen molar-refractivity contribution in [3.05, 3.63) is 29.0 Å². The van der Waals surface area contributed by atoms with Gasteiger partial charge in [0.05, 0.1) is 10.6 Å². The summed E-state index contributed by atoms with van der Waals surface area (Å²) in [5.74, 6) is 0.0354. The largest absolute Gasteiger partial charge is 0.339 e. The number of pyridine rings is 1. The summed E-state index contributed by atoms with van der Waals surface area (Å²) in [6.45, 7) is 3.88. The molecule has 0 aliphatic carbocycles. The van der Waals surface area contributed by atoms with E-state index in [-0.39, 0.29) is 30.7 Å². The fraction of sp³-hybridized carbons (Fsp3) is 0.571. The van der Waals surface area contributed by atoms with E-state index in [2.05, 4.69) is 10.3 Å². The SMILES string of the molecule is Cl.Cl.O=C(c1ccncc1Cl)N1CCC2(CCNC2)CC1. The topological polar surface area (TPSA) is 45.2 Å². The van der Waals surface area contributed by atoms with Gasteiger partial charge in [0.15, 0.2) is 0 Å². The molecule has 2 aliphatic heterocycles. The number of piperidine rings is 1. The van der Waals surface area contributed by atoms with Crippen LogP contribution in [-0.4, -0.2) is 42.0 Å². The molecule has 0 aromatic carbocycles. The second-order valence-electron chi connectivity index (χ2n) is 5.57. The molecule has 0 unspecified atom stereocenters. The molecule has 4 nitrogen and oxygen atoms in total. The number of hydrogen-bond acceptors (Lipinski definition) is 3. The Hall–Kier alpha value is -0.550. The van der Waals surface area contributed by atoms with Crippen molar-refractivity contribution in [3.8, 4) is 0 Å². The van der Waals surface area contributed by atoms with Crippen molar-refractivity contribution in [2.75, 3.05) is 26.2 Å². The second kappa shape index (κ2) is 7.63. The summed E-state index contributed by atoms with van der Waals surface area (Å²) in [6.07, 6.45) is 6.57. The third-order valence-corrected chi connectivity index (χ3v) is 4.75. The molecule has 1 aromatic rings. The van der Waals surface area contributed by atoms with E-state index in [4.69, 9.17) is 11.6 Å². The molecule has 1 aromatic heterocycles. The van der Waals surface area contributed by atoms with Gasteiger partial charge >= 0.3 is 0 Å². The van der Waals surface area contributed by atoms with E-state index in [1.54, 1.807) is 12.3 Å². The Morgan fingerprint density at radius 3 is 2.57 bits per heavy atom. The number of nitrogens with one attached hydrogen (secondary N) is 1. The highest BCUT2D eigenvalue weighted by Gasteiger charge is 2.38. The fourth-order valence-electron chi connectivity index (χ4n) is 3.13. The molecule has 2 saturated heterocycles. The van der Waals surface area contributed by atoms with E-state index in [1.807, 2.05) is 4.90 Å². The minimum Gasteiger partial charge on any atom is -0.339 e. The van der Waals surface area contributed by atoms with E-state index < -0.39 is 0 Å². The van der Waals surface area contributed by atoms with Gasteiger partial charge in [-0.25, -0.2) is 0 Å². The molecule has 3 heterocycles. The number of aromatic nitrogens is 1. The Bertz CT molecular complexity index is 482. The van der Waals surface area contributed by atoms with E-state index >= 15 is 0 Å². The summed E-state index contributed by atoms with van der Waals surface area (Å²) < 4.78 is 0. The van der Waals surface area contributed by atoms with Gasteiger partial charge in [0.25, 0.3) is 5.91 Å². The van der Waals surface area contributed by atoms with Gasteiger partial charge in [0.2, 0.25) is 0 Å². The molecule has 0 radical (unpaired) electrons. The molecular weight excluding hydrogens is 333 g/mol. The molecule has 0 atom stereocenters. The Kier molecular flexibility index (Phi) is 6.72. The van der Waals surface area contributed by atoms with Crippen molar-refractivity contribution < 1.29 is 4.79 Å². The first kappa shape index (κ1) is 18.5. The average molecular weight is 353 g/mol. The Balaban J connectivity index is 0.00000110. The summed E-state index contributed by atoms with van der Waals surface area (Å²) >= 11 is 6.04. The van der Waals surface area contributed by atoms with Crippen LogP contribution < -0.4 is 5.32 Å². The molecule has 118 valence electrons. The highest BCUT2D eigenvalue weighted by molar-refractivity contribution is 6.33. The lowest BCUT2D eigenvalue weighted by Gasteiger charge is -2.39. The normalized spacial score (nSPS) is 19.8. The molecule has 1 spiro atoms. The molecule has 2 fully saturated rings. The number of likely N-dealkylation sites (tertiary alicyclic amines) is 1. The van der Waals surface area contributed by atoms with Crippen LogP contribution in [-0.2, 0) is 0 Å². The minimum absolute atomic E-state index is 0. The fourth-order valence-corrected chi connectivity index (χ4v) is 3.33. The maximum absolute atomic E-state index is 12.4. The maximum Gasteiger partial charge on any atom is 0.255 e. The van der Waals surface area contributed by atoms with Crippen molar-refractivity contribution in [1.29, 1.82) is 0 Å². The van der Waals surface area contributed by atoms with Crippen LogP contribution in [0.3, 0.4) is 0 Å². The number of hydrogen-bond donors (Lipinski definition) is 1. The monoisotopic (exact) mass is 351 g/mol. The number of halogens is 3. The summed E-state index contributed by atoms with van der Waals surface area (Å²) in [5.41, 5.74) is 0.996. The van der Waals surface area contributed by atoms with Crippen molar-refractivity contribution in [3.63, 3.8) is 0 Å². The van der Waals surface area contributed by atoms with Crippen LogP contribution in [0.25, 0.3) is 0 Å². The van der Waals surface area contributed by atoms with Crippen LogP contribution in [0, 0.1) is 5.41 Å². The van der Waals surface area contributed by atoms with Gasteiger partial charge in [-0.1, -0.05) is 11.6 Å². The van der Waals surface area contributed by atoms with E-state index in [0.717, 1.165) is 39.0 Å². The number of rotatable bonds is 1. The standard InChI is InChI=1S/C14H18ClN3O.2ClH/c15-12-9-16-5-1-11(12)13(19)18-7-3-14(4-8-18)2-6-17-10-14;;/h1,5,9,17H,2-4,6-8,10H2;2*1H. The third kappa shape index (κ3) is 3.81. The predicted octanol–water partition coefficient (Wildman–Crippen LogP) is 2.79. The van der Waals surface area contributed by atoms with Gasteiger partial charge in [0.1, 0.15) is 0 Å². The van der Waals surface area contributed by atoms with Gasteiger partial charge in [0, 0.05) is 32.0 Å². The number of carbonyl (C=O) groups excluding carboxylic acids is 1. The Morgan fingerprint density at radius 2 is 2.00 bits per heavy atom. The molecule has 0 saturated carbocycles. The first-order valence-electron chi connectivity index (χ1n) is 6.80. The van der Waals surface area contributed by atoms with Gasteiger partial charge in [-0.2, -0.15) is 0 Å². The van der Waals surface area contributed by atoms with E-state index in [1.165, 1.54) is 12.6 Å². The van der Waals surface area contributed by atoms with Crippen molar-refractivity contribution in [2.45, 2.75) is 19.3 Å². The lowest BCUT2D eigenvalue weighted by atomic mass is 9.78. The molecule has 7 heteroatoms. The molecule has 21 heavy (non-hydrogen) atoms. The zero-order valence-corrected chi connectivity index (χ0v) is 14.1. The summed E-state index contributed by atoms with van der Waals surface area (Å²) in [7, 11) is 0. The number of amides is 1. The average Bonchev–Trinajstić information content (AvgIpc) is 2.88. The molecular formula is C14H20Cl3N3O. The predicted molar refractivity (Wildman–Crippen MR) is 88.8 cm³/mol. The summed E-state index contributed by atoms with van der Waals surface area (Å²) in [4.78, 5) is 18.3. The van der Waals surface area contributed by atoms with E-state index in [0.29, 0.717) is 16.0 Å². The van der Waals surface area contributed by atoms with Crippen LogP contribution in [0.4, 0.5) is 0 Å². The lowest BCUT2D eigenvalue weighted by molar-refractivity contribution is 0.0608. The van der Waals surface area contributed by atoms with Gasteiger partial charge in [-0.05, 0) is 37.3 Å². The van der Waals surface area contributed by atoms with E-state index in [9.17, 15) is 4.79 Å². The van der Waals surface area contributed by atoms with Crippen molar-refractivity contribution in [1.82, 2.24) is 15.2 Å². The smallest absolute Gasteiger partial charge is 0.255 e. The zero-order valence-electron chi connectivity index (χ0n) is 11.7. The quantitative estimate of drug-likeness (QED) is 0.845. The second-order valence-corrected chi connectivity index (χ2v) is 5.98. The van der Waals surface area contributed by atoms with Gasteiger partial charge < -0.3 is 10.2 Å². The molecule has 3 rings (SSSR count). The first-order valence-corrected chi connectivity index (χ1v) is 7.18. The number of nitrogens with zero attached hydrogens (tertiary/aromatic N) is 2. The Labute approximate surface area is 142 Å². The molecule has 1 amide bonds. The van der Waals surface area contributed by atoms with Crippen LogP contribution in [0.2, 0.25) is 5.02 Å². The zero-order chi connectivity index (χ0) is 13.3. The highest BCUT2D eigenvalue weighted by Crippen LogP contribution is 2.37. The van der Waals surface area contributed by atoms with Crippen LogP contribution in [0.5, 0.6) is 0 Å². The molecule has 2 aliphatic rings. The molecule has 0 bridgehead atoms. The van der Waals surface area contributed by atoms with Gasteiger partial charge in [-0.15, -0.1) is 24.8 Å². The first-order chi connectivity index (χ1) is 9.20. The van der Waals surface area contributed by atoms with Gasteiger partial charge in [-0.3, -0.25) is 9.78 Å². The Morgan fingerprint density at radius 1 is 1.29 bits per heavy atom. The van der Waals surface area contributed by atoms with Crippen molar-refractivity contribution in [2.24, 2.45) is 5.41 Å².